The van der Waals surface area contributed by atoms with Crippen molar-refractivity contribution in [2.24, 2.45) is 11.8 Å². The van der Waals surface area contributed by atoms with Crippen LogP contribution in [0.3, 0.4) is 0 Å². The second-order valence-corrected chi connectivity index (χ2v) is 11.2. The van der Waals surface area contributed by atoms with E-state index in [9.17, 15) is 19.7 Å². The molecule has 1 saturated carbocycles. The summed E-state index contributed by atoms with van der Waals surface area (Å²) in [6.45, 7) is 14.7. The van der Waals surface area contributed by atoms with Crippen molar-refractivity contribution in [3.05, 3.63) is 10.1 Å². The Labute approximate surface area is 185 Å². The lowest BCUT2D eigenvalue weighted by Gasteiger charge is -2.33. The van der Waals surface area contributed by atoms with E-state index in [0.29, 0.717) is 19.2 Å². The molecule has 1 aliphatic heterocycles. The average molecular weight is 439 g/mol. The largest absolute Gasteiger partial charge is 0.457 e. The smallest absolute Gasteiger partial charge is 0.403 e. The van der Waals surface area contributed by atoms with Crippen LogP contribution in [0.25, 0.3) is 0 Å². The summed E-state index contributed by atoms with van der Waals surface area (Å²) in [7, 11) is -0.402. The van der Waals surface area contributed by atoms with Crippen LogP contribution >= 0.6 is 0 Å². The zero-order valence-corrected chi connectivity index (χ0v) is 20.2. The highest BCUT2D eigenvalue weighted by molar-refractivity contribution is 6.45. The molecule has 2 aliphatic rings. The van der Waals surface area contributed by atoms with Gasteiger partial charge in [-0.15, -0.1) is 0 Å². The lowest BCUT2D eigenvalue weighted by Crippen LogP contribution is -2.60. The molecule has 0 aromatic heterocycles. The lowest BCUT2D eigenvalue weighted by atomic mass is 9.77. The molecule has 9 nitrogen and oxygen atoms in total. The van der Waals surface area contributed by atoms with Gasteiger partial charge in [-0.05, 0) is 73.5 Å². The van der Waals surface area contributed by atoms with E-state index in [2.05, 4.69) is 10.6 Å². The van der Waals surface area contributed by atoms with Crippen LogP contribution < -0.4 is 10.6 Å². The Morgan fingerprint density at radius 2 is 1.61 bits per heavy atom. The van der Waals surface area contributed by atoms with Gasteiger partial charge < -0.3 is 19.9 Å². The summed E-state index contributed by atoms with van der Waals surface area (Å²) >= 11 is 0. The molecule has 0 spiro atoms. The number of carbonyl (C=O) groups excluding carboxylic acids is 2. The number of nitrogens with zero attached hydrogens (tertiary/aromatic N) is 1. The van der Waals surface area contributed by atoms with Gasteiger partial charge in [0.05, 0.1) is 11.2 Å². The van der Waals surface area contributed by atoms with Gasteiger partial charge in [-0.1, -0.05) is 6.42 Å². The van der Waals surface area contributed by atoms with Crippen LogP contribution in [0.4, 0.5) is 0 Å². The molecule has 2 N–H and O–H groups in total. The molecular weight excluding hydrogens is 401 g/mol. The van der Waals surface area contributed by atoms with Crippen molar-refractivity contribution in [1.29, 1.82) is 0 Å². The standard InChI is InChI=1S/C21H38BN3O6/c1-14(26)23-21(17(27)24-18(2,3)4)11-15(16(12-21)13-25(28)29)9-10-22-30-19(5,6)20(7,8)31-22/h15-16H,9-13H2,1-8H3,(H,23,26)(H,24,27). The topological polar surface area (TPSA) is 120 Å². The van der Waals surface area contributed by atoms with Gasteiger partial charge in [0.2, 0.25) is 18.4 Å². The summed E-state index contributed by atoms with van der Waals surface area (Å²) < 4.78 is 12.1. The van der Waals surface area contributed by atoms with E-state index in [0.717, 1.165) is 0 Å². The summed E-state index contributed by atoms with van der Waals surface area (Å²) in [4.78, 5) is 36.1. The van der Waals surface area contributed by atoms with Crippen molar-refractivity contribution < 1.29 is 23.8 Å². The first-order valence-corrected chi connectivity index (χ1v) is 11.1. The zero-order chi connectivity index (χ0) is 23.8. The van der Waals surface area contributed by atoms with Crippen molar-refractivity contribution in [2.75, 3.05) is 6.54 Å². The van der Waals surface area contributed by atoms with Crippen LogP contribution in [0.5, 0.6) is 0 Å². The molecule has 176 valence electrons. The molecule has 1 saturated heterocycles. The third kappa shape index (κ3) is 6.19. The van der Waals surface area contributed by atoms with Crippen molar-refractivity contribution in [1.82, 2.24) is 10.6 Å². The molecule has 2 amide bonds. The van der Waals surface area contributed by atoms with Crippen molar-refractivity contribution in [3.8, 4) is 0 Å². The van der Waals surface area contributed by atoms with Gasteiger partial charge >= 0.3 is 7.12 Å². The fourth-order valence-corrected chi connectivity index (χ4v) is 4.63. The molecule has 2 rings (SSSR count). The fourth-order valence-electron chi connectivity index (χ4n) is 4.63. The predicted octanol–water partition coefficient (Wildman–Crippen LogP) is 2.56. The quantitative estimate of drug-likeness (QED) is 0.357. The van der Waals surface area contributed by atoms with E-state index in [4.69, 9.17) is 9.31 Å². The molecule has 0 radical (unpaired) electrons. The second-order valence-electron chi connectivity index (χ2n) is 11.2. The molecular formula is C21H38BN3O6. The third-order valence-corrected chi connectivity index (χ3v) is 6.69. The van der Waals surface area contributed by atoms with Gasteiger partial charge in [0.1, 0.15) is 5.54 Å². The van der Waals surface area contributed by atoms with E-state index in [-0.39, 0.29) is 41.5 Å². The molecule has 31 heavy (non-hydrogen) atoms. The first-order valence-electron chi connectivity index (χ1n) is 11.1. The van der Waals surface area contributed by atoms with E-state index in [1.165, 1.54) is 6.92 Å². The van der Waals surface area contributed by atoms with Gasteiger partial charge in [-0.2, -0.15) is 0 Å². The molecule has 0 aromatic carbocycles. The maximum absolute atomic E-state index is 13.2. The van der Waals surface area contributed by atoms with Crippen LogP contribution in [-0.2, 0) is 18.9 Å². The van der Waals surface area contributed by atoms with E-state index in [1.54, 1.807) is 0 Å². The van der Waals surface area contributed by atoms with Gasteiger partial charge in [-0.3, -0.25) is 19.7 Å². The molecule has 3 unspecified atom stereocenters. The summed E-state index contributed by atoms with van der Waals surface area (Å²) in [5, 5.41) is 17.1. The van der Waals surface area contributed by atoms with Crippen LogP contribution in [0.2, 0.25) is 6.32 Å². The van der Waals surface area contributed by atoms with E-state index < -0.39 is 29.4 Å². The lowest BCUT2D eigenvalue weighted by molar-refractivity contribution is -0.489. The normalized spacial score (nSPS) is 29.6. The second kappa shape index (κ2) is 8.69. The van der Waals surface area contributed by atoms with Crippen LogP contribution in [0, 0.1) is 22.0 Å². The van der Waals surface area contributed by atoms with Crippen LogP contribution in [0.1, 0.15) is 74.7 Å². The molecule has 0 bridgehead atoms. The molecule has 0 aromatic rings. The number of nitro groups is 1. The number of rotatable bonds is 7. The highest BCUT2D eigenvalue weighted by atomic mass is 16.7. The SMILES string of the molecule is CC(=O)NC1(C(=O)NC(C)(C)C)CC(CCB2OC(C)(C)C(C)(C)O2)C(C[N+](=O)[O-])C1. The fraction of sp³-hybridized carbons (Fsp3) is 0.905. The van der Waals surface area contributed by atoms with Gasteiger partial charge in [-0.25, -0.2) is 0 Å². The first kappa shape index (κ1) is 25.6. The monoisotopic (exact) mass is 439 g/mol. The minimum absolute atomic E-state index is 0.109. The molecule has 3 atom stereocenters. The Balaban J connectivity index is 2.19. The van der Waals surface area contributed by atoms with Crippen molar-refractivity contribution in [3.63, 3.8) is 0 Å². The Kier molecular flexibility index (Phi) is 7.17. The molecule has 1 heterocycles. The van der Waals surface area contributed by atoms with Crippen LogP contribution in [-0.4, -0.2) is 52.7 Å². The van der Waals surface area contributed by atoms with Crippen LogP contribution in [0.15, 0.2) is 0 Å². The molecule has 10 heteroatoms. The summed E-state index contributed by atoms with van der Waals surface area (Å²) in [5.41, 5.74) is -2.53. The number of amides is 2. The maximum Gasteiger partial charge on any atom is 0.457 e. The van der Waals surface area contributed by atoms with E-state index >= 15 is 0 Å². The number of hydrogen-bond acceptors (Lipinski definition) is 6. The Bertz CT molecular complexity index is 704. The van der Waals surface area contributed by atoms with E-state index in [1.807, 2.05) is 48.5 Å². The number of nitrogens with one attached hydrogen (secondary N) is 2. The summed E-state index contributed by atoms with van der Waals surface area (Å²) in [6.07, 6.45) is 1.78. The summed E-state index contributed by atoms with van der Waals surface area (Å²) in [5.74, 6) is -1.05. The predicted molar refractivity (Wildman–Crippen MR) is 118 cm³/mol. The molecule has 1 aliphatic carbocycles. The van der Waals surface area contributed by atoms with Gasteiger partial charge in [0.25, 0.3) is 0 Å². The van der Waals surface area contributed by atoms with Gasteiger partial charge in [0.15, 0.2) is 0 Å². The number of carbonyl (C=O) groups is 2. The first-order chi connectivity index (χ1) is 14.0. The third-order valence-electron chi connectivity index (χ3n) is 6.69. The Morgan fingerprint density at radius 3 is 2.06 bits per heavy atom. The zero-order valence-electron chi connectivity index (χ0n) is 20.2. The van der Waals surface area contributed by atoms with Crippen molar-refractivity contribution >= 4 is 18.9 Å². The van der Waals surface area contributed by atoms with Crippen molar-refractivity contribution in [2.45, 2.75) is 103 Å². The van der Waals surface area contributed by atoms with Gasteiger partial charge in [0, 0.05) is 23.3 Å². The Morgan fingerprint density at radius 1 is 1.10 bits per heavy atom. The molecule has 2 fully saturated rings. The average Bonchev–Trinajstić information content (AvgIpc) is 2.97. The Hall–Kier alpha value is -1.68. The highest BCUT2D eigenvalue weighted by Crippen LogP contribution is 2.44. The minimum Gasteiger partial charge on any atom is -0.403 e. The highest BCUT2D eigenvalue weighted by Gasteiger charge is 2.54. The summed E-state index contributed by atoms with van der Waals surface area (Å²) in [6, 6.07) is 0. The minimum atomic E-state index is -1.15. The maximum atomic E-state index is 13.2. The number of hydrogen-bond donors (Lipinski definition) is 2.